The van der Waals surface area contributed by atoms with Crippen LogP contribution in [0.4, 0.5) is 0 Å². The molecule has 3 heteroatoms. The molecule has 11 rings (SSSR count). The van der Waals surface area contributed by atoms with Gasteiger partial charge in [0.15, 0.2) is 0 Å². The molecule has 9 aromatic rings. The van der Waals surface area contributed by atoms with E-state index < -0.39 is 13.5 Å². The second-order valence-corrected chi connectivity index (χ2v) is 19.0. The van der Waals surface area contributed by atoms with Gasteiger partial charge in [0.2, 0.25) is 0 Å². The maximum Gasteiger partial charge on any atom is 0.0780 e. The summed E-state index contributed by atoms with van der Waals surface area (Å²) < 4.78 is 2.53. The first-order valence-electron chi connectivity index (χ1n) is 17.9. The Morgan fingerprint density at radius 1 is 0.510 bits per heavy atom. The Morgan fingerprint density at radius 3 is 2.02 bits per heavy atom. The van der Waals surface area contributed by atoms with E-state index in [1.54, 1.807) is 0 Å². The van der Waals surface area contributed by atoms with E-state index in [4.69, 9.17) is 4.98 Å². The van der Waals surface area contributed by atoms with E-state index in [-0.39, 0.29) is 0 Å². The molecule has 2 aromatic heterocycles. The smallest absolute Gasteiger partial charge is 0.0780 e. The highest BCUT2D eigenvalue weighted by molar-refractivity contribution is 7.02. The normalized spacial score (nSPS) is 16.7. The van der Waals surface area contributed by atoms with Crippen LogP contribution in [0.5, 0.6) is 0 Å². The highest BCUT2D eigenvalue weighted by Gasteiger charge is 2.49. The Hall–Kier alpha value is -6.03. The summed E-state index contributed by atoms with van der Waals surface area (Å²) >= 11 is 0. The van der Waals surface area contributed by atoms with Crippen LogP contribution in [-0.4, -0.2) is 17.6 Å². The van der Waals surface area contributed by atoms with E-state index in [1.807, 2.05) is 12.3 Å². The molecule has 0 bridgehead atoms. The van der Waals surface area contributed by atoms with Crippen molar-refractivity contribution in [1.29, 1.82) is 0 Å². The number of hydrogen-bond donors (Lipinski definition) is 0. The molecule has 1 unspecified atom stereocenters. The van der Waals surface area contributed by atoms with Crippen LogP contribution in [0.25, 0.3) is 60.6 Å². The van der Waals surface area contributed by atoms with Crippen LogP contribution in [0.1, 0.15) is 22.3 Å². The predicted octanol–water partition coefficient (Wildman–Crippen LogP) is 10.5. The highest BCUT2D eigenvalue weighted by Crippen LogP contribution is 2.55. The molecule has 1 atom stereocenters. The third-order valence-electron chi connectivity index (χ3n) is 11.9. The number of aromatic nitrogens is 2. The molecule has 0 radical (unpaired) electrons. The van der Waals surface area contributed by atoms with Gasteiger partial charge in [0.1, 0.15) is 0 Å². The summed E-state index contributed by atoms with van der Waals surface area (Å²) in [6.07, 6.45) is 1.89. The Labute approximate surface area is 298 Å². The Morgan fingerprint density at radius 2 is 1.14 bits per heavy atom. The second-order valence-electron chi connectivity index (χ2n) is 14.7. The Kier molecular flexibility index (Phi) is 5.79. The van der Waals surface area contributed by atoms with Crippen LogP contribution in [0.15, 0.2) is 170 Å². The first kappa shape index (κ1) is 28.8. The third kappa shape index (κ3) is 3.63. The lowest BCUT2D eigenvalue weighted by Gasteiger charge is -2.55. The summed E-state index contributed by atoms with van der Waals surface area (Å²) in [6, 6.07) is 61.5. The van der Waals surface area contributed by atoms with Crippen LogP contribution >= 0.6 is 0 Å². The van der Waals surface area contributed by atoms with Gasteiger partial charge in [0, 0.05) is 27.9 Å². The molecule has 2 nitrogen and oxygen atoms in total. The van der Waals surface area contributed by atoms with Gasteiger partial charge in [-0.2, -0.15) is 23.5 Å². The number of benzene rings is 7. The minimum atomic E-state index is -2.23. The van der Waals surface area contributed by atoms with Crippen molar-refractivity contribution in [2.45, 2.75) is 18.5 Å². The molecular formula is C48H34N2Si-. The van der Waals surface area contributed by atoms with Crippen molar-refractivity contribution in [1.82, 2.24) is 9.55 Å². The Balaban J connectivity index is 1.23. The van der Waals surface area contributed by atoms with Crippen LogP contribution in [0, 0.1) is 0 Å². The molecule has 0 amide bonds. The summed E-state index contributed by atoms with van der Waals surface area (Å²) in [7, 11) is -2.23. The average molecular weight is 667 g/mol. The molecule has 0 N–H and O–H groups in total. The molecule has 1 spiro atoms. The van der Waals surface area contributed by atoms with Gasteiger partial charge >= 0.3 is 0 Å². The number of para-hydroxylation sites is 4. The summed E-state index contributed by atoms with van der Waals surface area (Å²) in [6.45, 7) is 5.12. The van der Waals surface area contributed by atoms with Crippen molar-refractivity contribution in [3.8, 4) is 27.9 Å². The van der Waals surface area contributed by atoms with Crippen molar-refractivity contribution in [3.05, 3.63) is 192 Å². The van der Waals surface area contributed by atoms with E-state index >= 15 is 0 Å². The molecule has 7 aromatic carbocycles. The number of hydrogen-bond acceptors (Lipinski definition) is 1. The fraction of sp³-hybridized carbons (Fsp3) is 0.0625. The molecule has 0 saturated heterocycles. The van der Waals surface area contributed by atoms with Crippen molar-refractivity contribution in [3.63, 3.8) is 0 Å². The van der Waals surface area contributed by atoms with Crippen molar-refractivity contribution in [2.75, 3.05) is 0 Å². The van der Waals surface area contributed by atoms with Gasteiger partial charge < -0.3 is 4.57 Å². The van der Waals surface area contributed by atoms with Crippen LogP contribution in [0.3, 0.4) is 0 Å². The average Bonchev–Trinajstić information content (AvgIpc) is 3.53. The highest BCUT2D eigenvalue weighted by atomic mass is 28.3. The fourth-order valence-corrected chi connectivity index (χ4v) is 13.4. The lowest BCUT2D eigenvalue weighted by atomic mass is 9.62. The van der Waals surface area contributed by atoms with E-state index in [9.17, 15) is 0 Å². The zero-order chi connectivity index (χ0) is 33.9. The van der Waals surface area contributed by atoms with Crippen molar-refractivity contribution in [2.24, 2.45) is 0 Å². The largest absolute Gasteiger partial charge is 0.309 e. The molecule has 2 aliphatic rings. The lowest BCUT2D eigenvalue weighted by Crippen LogP contribution is -2.64. The molecule has 0 saturated carbocycles. The second kappa shape index (κ2) is 10.3. The van der Waals surface area contributed by atoms with E-state index in [0.29, 0.717) is 0 Å². The first-order valence-corrected chi connectivity index (χ1v) is 20.9. The maximum absolute atomic E-state index is 4.75. The summed E-state index contributed by atoms with van der Waals surface area (Å²) in [4.78, 5) is 4.75. The molecule has 51 heavy (non-hydrogen) atoms. The SMILES string of the molecule is C[Si-]1(C)c2ccccc2C2(c3ccccc3-n3c4ccccc4c4cccc2c43)c2cccc(-c3ccc(-c4cccc5cccnc45)cc3)c21. The standard InChI is InChI=1S/C48H34N2Si/c1-51(2)44-25-8-5-20-39(44)48(38-19-4-7-24-43(38)50-42-23-6-3-15-36(42)37-18-11-21-40(48)46(37)50)41-22-10-17-35(47(41)51)32-28-26-31(27-29-32)34-16-9-13-33-14-12-30-49-45(33)34/h3-30H,1-2H3/q-1. The topological polar surface area (TPSA) is 17.8 Å². The summed E-state index contributed by atoms with van der Waals surface area (Å²) in [5, 5.41) is 6.82. The van der Waals surface area contributed by atoms with Gasteiger partial charge in [0.25, 0.3) is 0 Å². The number of rotatable bonds is 2. The maximum atomic E-state index is 4.75. The van der Waals surface area contributed by atoms with Gasteiger partial charge in [-0.1, -0.05) is 165 Å². The van der Waals surface area contributed by atoms with Crippen LogP contribution < -0.4 is 10.4 Å². The minimum absolute atomic E-state index is 0.473. The molecule has 0 fully saturated rings. The zero-order valence-electron chi connectivity index (χ0n) is 28.6. The van der Waals surface area contributed by atoms with Gasteiger partial charge in [-0.05, 0) is 46.0 Å². The third-order valence-corrected chi connectivity index (χ3v) is 15.5. The predicted molar refractivity (Wildman–Crippen MR) is 216 cm³/mol. The van der Waals surface area contributed by atoms with Gasteiger partial charge in [0.05, 0.1) is 27.7 Å². The van der Waals surface area contributed by atoms with Crippen LogP contribution in [-0.2, 0) is 5.41 Å². The minimum Gasteiger partial charge on any atom is -0.309 e. The monoisotopic (exact) mass is 666 g/mol. The molecule has 241 valence electrons. The Bertz CT molecular complexity index is 2890. The molecule has 4 heterocycles. The van der Waals surface area contributed by atoms with Gasteiger partial charge in [-0.15, -0.1) is 0 Å². The van der Waals surface area contributed by atoms with E-state index in [0.717, 1.165) is 10.9 Å². The number of fused-ring (bicyclic) bond motifs is 12. The molecule has 0 aliphatic carbocycles. The first-order chi connectivity index (χ1) is 25.1. The van der Waals surface area contributed by atoms with Crippen molar-refractivity contribution < 1.29 is 0 Å². The lowest BCUT2D eigenvalue weighted by molar-refractivity contribution is 0.732. The molecular weight excluding hydrogens is 633 g/mol. The van der Waals surface area contributed by atoms with Crippen molar-refractivity contribution >= 4 is 51.2 Å². The van der Waals surface area contributed by atoms with Crippen LogP contribution in [0.2, 0.25) is 13.1 Å². The fourth-order valence-electron chi connectivity index (χ4n) is 9.86. The molecule has 2 aliphatic heterocycles. The summed E-state index contributed by atoms with van der Waals surface area (Å²) in [5.41, 5.74) is 14.9. The van der Waals surface area contributed by atoms with E-state index in [1.165, 1.54) is 82.4 Å². The van der Waals surface area contributed by atoms with E-state index in [2.05, 4.69) is 175 Å². The number of nitrogens with zero attached hydrogens (tertiary/aromatic N) is 2. The zero-order valence-corrected chi connectivity index (χ0v) is 29.6. The summed E-state index contributed by atoms with van der Waals surface area (Å²) in [5.74, 6) is 0. The quantitative estimate of drug-likeness (QED) is 0.168. The number of pyridine rings is 1. The van der Waals surface area contributed by atoms with Gasteiger partial charge in [-0.25, -0.2) is 0 Å². The van der Waals surface area contributed by atoms with Gasteiger partial charge in [-0.3, -0.25) is 4.98 Å².